The van der Waals surface area contributed by atoms with E-state index in [9.17, 15) is 14.4 Å². The molecular weight excluding hydrogens is 470 g/mol. The Labute approximate surface area is 204 Å². The molecule has 1 aliphatic rings. The minimum absolute atomic E-state index is 0.0397. The highest BCUT2D eigenvalue weighted by atomic mass is 32.2. The number of aromatic nitrogens is 2. The van der Waals surface area contributed by atoms with Crippen molar-refractivity contribution in [3.05, 3.63) is 64.4 Å². The summed E-state index contributed by atoms with van der Waals surface area (Å²) in [5.74, 6) is -0.676. The fraction of sp³-hybridized carbons (Fsp3) is 0.280. The highest BCUT2D eigenvalue weighted by Gasteiger charge is 2.23. The summed E-state index contributed by atoms with van der Waals surface area (Å²) in [7, 11) is 1.31. The van der Waals surface area contributed by atoms with E-state index < -0.39 is 5.97 Å². The number of benzene rings is 2. The van der Waals surface area contributed by atoms with Gasteiger partial charge in [0.15, 0.2) is 5.16 Å². The molecule has 1 atom stereocenters. The second kappa shape index (κ2) is 9.93. The Hall–Kier alpha value is -3.63. The van der Waals surface area contributed by atoms with Crippen LogP contribution >= 0.6 is 11.8 Å². The number of para-hydroxylation sites is 1. The predicted molar refractivity (Wildman–Crippen MR) is 132 cm³/mol. The van der Waals surface area contributed by atoms with E-state index in [-0.39, 0.29) is 28.9 Å². The number of hydrogen-bond acceptors (Lipinski definition) is 8. The van der Waals surface area contributed by atoms with Crippen molar-refractivity contribution in [3.63, 3.8) is 0 Å². The van der Waals surface area contributed by atoms with E-state index in [1.54, 1.807) is 34.9 Å². The molecule has 3 heterocycles. The average Bonchev–Trinajstić information content (AvgIpc) is 3.53. The third kappa shape index (κ3) is 4.80. The van der Waals surface area contributed by atoms with Gasteiger partial charge in [0.1, 0.15) is 11.1 Å². The molecule has 1 N–H and O–H groups in total. The van der Waals surface area contributed by atoms with Crippen molar-refractivity contribution >= 4 is 51.4 Å². The zero-order valence-corrected chi connectivity index (χ0v) is 19.8. The number of nitrogens with zero attached hydrogens (tertiary/aromatic N) is 2. The summed E-state index contributed by atoms with van der Waals surface area (Å²) in [6.07, 6.45) is 1.72. The molecule has 2 aromatic heterocycles. The normalized spacial score (nSPS) is 15.5. The summed E-state index contributed by atoms with van der Waals surface area (Å²) in [5.41, 5.74) is 1.92. The summed E-state index contributed by atoms with van der Waals surface area (Å²) in [5, 5.41) is 3.98. The molecule has 180 valence electrons. The molecule has 0 bridgehead atoms. The molecule has 1 saturated heterocycles. The van der Waals surface area contributed by atoms with E-state index in [4.69, 9.17) is 14.1 Å². The summed E-state index contributed by atoms with van der Waals surface area (Å²) in [6, 6.07) is 13.8. The Morgan fingerprint density at radius 3 is 2.74 bits per heavy atom. The monoisotopic (exact) mass is 493 g/mol. The fourth-order valence-electron chi connectivity index (χ4n) is 4.05. The summed E-state index contributed by atoms with van der Waals surface area (Å²) in [6.45, 7) is 1.01. The first kappa shape index (κ1) is 23.1. The third-order valence-electron chi connectivity index (χ3n) is 5.78. The van der Waals surface area contributed by atoms with Crippen LogP contribution in [0.4, 0.5) is 5.69 Å². The number of rotatable bonds is 7. The van der Waals surface area contributed by atoms with Gasteiger partial charge in [-0.2, -0.15) is 0 Å². The zero-order chi connectivity index (χ0) is 24.4. The van der Waals surface area contributed by atoms with Gasteiger partial charge in [0, 0.05) is 17.7 Å². The van der Waals surface area contributed by atoms with E-state index in [1.165, 1.54) is 18.9 Å². The zero-order valence-electron chi connectivity index (χ0n) is 19.0. The highest BCUT2D eigenvalue weighted by molar-refractivity contribution is 7.99. The second-order valence-electron chi connectivity index (χ2n) is 8.13. The Morgan fingerprint density at radius 2 is 2.00 bits per heavy atom. The minimum atomic E-state index is -0.448. The number of esters is 1. The van der Waals surface area contributed by atoms with Gasteiger partial charge in [-0.05, 0) is 49.2 Å². The minimum Gasteiger partial charge on any atom is -0.465 e. The molecule has 4 aromatic rings. The van der Waals surface area contributed by atoms with Crippen molar-refractivity contribution in [1.82, 2.24) is 9.55 Å². The standard InChI is InChI=1S/C25H23N3O6S/c1-32-24(31)15-8-10-16(11-9-15)26-20(29)14-35-25-27-21-18-6-2-3-7-19(18)34-22(21)23(30)28(25)13-17-5-4-12-33-17/h2-3,6-11,17H,4-5,12-14H2,1H3,(H,26,29). The van der Waals surface area contributed by atoms with Crippen LogP contribution in [0.2, 0.25) is 0 Å². The van der Waals surface area contributed by atoms with Gasteiger partial charge in [0.25, 0.3) is 5.56 Å². The SMILES string of the molecule is COC(=O)c1ccc(NC(=O)CSc2nc3c(oc4ccccc43)c(=O)n2CC2CCCO2)cc1. The molecule has 0 aliphatic carbocycles. The Balaban J connectivity index is 1.39. The predicted octanol–water partition coefficient (Wildman–Crippen LogP) is 3.84. The number of furan rings is 1. The van der Waals surface area contributed by atoms with Crippen LogP contribution in [0.25, 0.3) is 22.1 Å². The van der Waals surface area contributed by atoms with Gasteiger partial charge in [-0.3, -0.25) is 14.2 Å². The van der Waals surface area contributed by atoms with Gasteiger partial charge in [-0.15, -0.1) is 0 Å². The van der Waals surface area contributed by atoms with Gasteiger partial charge < -0.3 is 19.2 Å². The van der Waals surface area contributed by atoms with Gasteiger partial charge in [-0.1, -0.05) is 23.9 Å². The van der Waals surface area contributed by atoms with Crippen molar-refractivity contribution in [2.45, 2.75) is 30.6 Å². The van der Waals surface area contributed by atoms with Crippen molar-refractivity contribution in [3.8, 4) is 0 Å². The first-order valence-electron chi connectivity index (χ1n) is 11.2. The van der Waals surface area contributed by atoms with Crippen molar-refractivity contribution in [2.75, 3.05) is 24.8 Å². The van der Waals surface area contributed by atoms with Crippen LogP contribution in [0.15, 0.2) is 62.9 Å². The van der Waals surface area contributed by atoms with Crippen LogP contribution in [0, 0.1) is 0 Å². The van der Waals surface area contributed by atoms with Gasteiger partial charge in [-0.25, -0.2) is 9.78 Å². The van der Waals surface area contributed by atoms with Crippen molar-refractivity contribution in [1.29, 1.82) is 0 Å². The van der Waals surface area contributed by atoms with Crippen LogP contribution in [0.3, 0.4) is 0 Å². The van der Waals surface area contributed by atoms with E-state index in [1.807, 2.05) is 18.2 Å². The van der Waals surface area contributed by atoms with Crippen LogP contribution < -0.4 is 10.9 Å². The van der Waals surface area contributed by atoms with E-state index in [2.05, 4.69) is 10.1 Å². The maximum atomic E-state index is 13.4. The molecule has 0 radical (unpaired) electrons. The lowest BCUT2D eigenvalue weighted by atomic mass is 10.2. The molecule has 1 amide bonds. The molecule has 2 aromatic carbocycles. The van der Waals surface area contributed by atoms with E-state index in [0.29, 0.717) is 40.7 Å². The smallest absolute Gasteiger partial charge is 0.337 e. The number of hydrogen-bond donors (Lipinski definition) is 1. The number of amides is 1. The first-order valence-corrected chi connectivity index (χ1v) is 12.2. The number of methoxy groups -OCH3 is 1. The largest absolute Gasteiger partial charge is 0.465 e. The van der Waals surface area contributed by atoms with Crippen LogP contribution in [0.1, 0.15) is 23.2 Å². The van der Waals surface area contributed by atoms with E-state index >= 15 is 0 Å². The Kier molecular flexibility index (Phi) is 6.56. The van der Waals surface area contributed by atoms with Crippen molar-refractivity contribution in [2.24, 2.45) is 0 Å². The second-order valence-corrected chi connectivity index (χ2v) is 9.07. The lowest BCUT2D eigenvalue weighted by Crippen LogP contribution is -2.29. The van der Waals surface area contributed by atoms with Crippen molar-refractivity contribution < 1.29 is 23.5 Å². The number of ether oxygens (including phenoxy) is 2. The third-order valence-corrected chi connectivity index (χ3v) is 6.76. The summed E-state index contributed by atoms with van der Waals surface area (Å²) < 4.78 is 17.8. The maximum Gasteiger partial charge on any atom is 0.337 e. The van der Waals surface area contributed by atoms with Gasteiger partial charge in [0.2, 0.25) is 11.5 Å². The number of carbonyl (C=O) groups is 2. The van der Waals surface area contributed by atoms with E-state index in [0.717, 1.165) is 18.2 Å². The topological polar surface area (TPSA) is 113 Å². The van der Waals surface area contributed by atoms with Gasteiger partial charge in [0.05, 0.1) is 31.1 Å². The van der Waals surface area contributed by atoms with Crippen LogP contribution in [-0.2, 0) is 20.8 Å². The fourth-order valence-corrected chi connectivity index (χ4v) is 4.85. The lowest BCUT2D eigenvalue weighted by molar-refractivity contribution is -0.113. The lowest BCUT2D eigenvalue weighted by Gasteiger charge is -2.15. The molecule has 10 heteroatoms. The number of anilines is 1. The molecular formula is C25H23N3O6S. The van der Waals surface area contributed by atoms with Crippen LogP contribution in [-0.4, -0.2) is 47.0 Å². The average molecular weight is 494 g/mol. The first-order chi connectivity index (χ1) is 17.0. The summed E-state index contributed by atoms with van der Waals surface area (Å²) >= 11 is 1.18. The van der Waals surface area contributed by atoms with Gasteiger partial charge >= 0.3 is 5.97 Å². The highest BCUT2D eigenvalue weighted by Crippen LogP contribution is 2.28. The molecule has 0 saturated carbocycles. The Morgan fingerprint density at radius 1 is 1.20 bits per heavy atom. The number of carbonyl (C=O) groups excluding carboxylic acids is 2. The van der Waals surface area contributed by atoms with Crippen LogP contribution in [0.5, 0.6) is 0 Å². The molecule has 1 aliphatic heterocycles. The molecule has 5 rings (SSSR count). The number of thioether (sulfide) groups is 1. The molecule has 35 heavy (non-hydrogen) atoms. The molecule has 1 fully saturated rings. The summed E-state index contributed by atoms with van der Waals surface area (Å²) in [4.78, 5) is 42.3. The molecule has 0 spiro atoms. The molecule has 1 unspecified atom stereocenters. The number of fused-ring (bicyclic) bond motifs is 3. The quantitative estimate of drug-likeness (QED) is 0.235. The molecule has 9 nitrogen and oxygen atoms in total. The Bertz CT molecular complexity index is 1450. The maximum absolute atomic E-state index is 13.4. The number of nitrogens with one attached hydrogen (secondary N) is 1.